The number of aryl methyl sites for hydroxylation is 1. The first-order valence-corrected chi connectivity index (χ1v) is 9.18. The average molecular weight is 391 g/mol. The van der Waals surface area contributed by atoms with Crippen molar-refractivity contribution in [3.63, 3.8) is 0 Å². The van der Waals surface area contributed by atoms with Crippen molar-refractivity contribution in [1.29, 1.82) is 5.26 Å². The van der Waals surface area contributed by atoms with Gasteiger partial charge in [-0.2, -0.15) is 15.0 Å². The van der Waals surface area contributed by atoms with Crippen molar-refractivity contribution >= 4 is 5.91 Å². The Morgan fingerprint density at radius 3 is 2.69 bits per heavy atom. The summed E-state index contributed by atoms with van der Waals surface area (Å²) >= 11 is 0. The Balaban J connectivity index is 1.79. The standard InChI is InChI=1S/C21H21N5O3/c1-14-10-15(11-22)4-6-17(14)18-13-25-26(21(18)29)19-7-5-16(12-24-19)20(28)23-8-2-3-9-27/h4-7,10,12-13,27,29H,2-3,8-9H2,1H3,(H,23,28). The summed E-state index contributed by atoms with van der Waals surface area (Å²) < 4.78 is 1.29. The van der Waals surface area contributed by atoms with E-state index in [2.05, 4.69) is 21.5 Å². The summed E-state index contributed by atoms with van der Waals surface area (Å²) in [5.74, 6) is 0.0453. The molecule has 148 valence electrons. The maximum absolute atomic E-state index is 12.1. The SMILES string of the molecule is Cc1cc(C#N)ccc1-c1cnn(-c2ccc(C(=O)NCCCCO)cn2)c1O. The number of aromatic nitrogens is 3. The van der Waals surface area contributed by atoms with E-state index in [0.717, 1.165) is 11.1 Å². The molecule has 0 aliphatic carbocycles. The highest BCUT2D eigenvalue weighted by Crippen LogP contribution is 2.32. The summed E-state index contributed by atoms with van der Waals surface area (Å²) in [5, 5.41) is 35.4. The summed E-state index contributed by atoms with van der Waals surface area (Å²) in [5.41, 5.74) is 3.09. The van der Waals surface area contributed by atoms with Gasteiger partial charge >= 0.3 is 0 Å². The van der Waals surface area contributed by atoms with Gasteiger partial charge in [0.1, 0.15) is 0 Å². The minimum absolute atomic E-state index is 0.0773. The second-order valence-electron chi connectivity index (χ2n) is 6.53. The molecule has 0 fully saturated rings. The topological polar surface area (TPSA) is 124 Å². The molecule has 2 heterocycles. The molecule has 8 heteroatoms. The van der Waals surface area contributed by atoms with E-state index in [1.54, 1.807) is 30.3 Å². The molecule has 2 aromatic heterocycles. The monoisotopic (exact) mass is 391 g/mol. The lowest BCUT2D eigenvalue weighted by molar-refractivity contribution is 0.0951. The van der Waals surface area contributed by atoms with E-state index in [9.17, 15) is 9.90 Å². The van der Waals surface area contributed by atoms with Crippen LogP contribution in [0.25, 0.3) is 16.9 Å². The summed E-state index contributed by atoms with van der Waals surface area (Å²) in [6, 6.07) is 10.5. The van der Waals surface area contributed by atoms with E-state index in [1.165, 1.54) is 17.1 Å². The largest absolute Gasteiger partial charge is 0.493 e. The molecule has 0 unspecified atom stereocenters. The summed E-state index contributed by atoms with van der Waals surface area (Å²) in [7, 11) is 0. The van der Waals surface area contributed by atoms with Crippen LogP contribution in [0.15, 0.2) is 42.7 Å². The Morgan fingerprint density at radius 1 is 1.21 bits per heavy atom. The molecule has 0 spiro atoms. The van der Waals surface area contributed by atoms with Crippen molar-refractivity contribution in [2.75, 3.05) is 13.2 Å². The molecule has 0 atom stereocenters. The number of aromatic hydroxyl groups is 1. The van der Waals surface area contributed by atoms with Crippen LogP contribution in [0.3, 0.4) is 0 Å². The van der Waals surface area contributed by atoms with E-state index in [4.69, 9.17) is 10.4 Å². The number of nitrogens with one attached hydrogen (secondary N) is 1. The summed E-state index contributed by atoms with van der Waals surface area (Å²) in [4.78, 5) is 16.3. The van der Waals surface area contributed by atoms with Crippen molar-refractivity contribution in [1.82, 2.24) is 20.1 Å². The molecule has 1 aromatic carbocycles. The summed E-state index contributed by atoms with van der Waals surface area (Å²) in [6.07, 6.45) is 4.29. The second kappa shape index (κ2) is 8.99. The van der Waals surface area contributed by atoms with Gasteiger partial charge in [-0.25, -0.2) is 4.98 Å². The van der Waals surface area contributed by atoms with Gasteiger partial charge in [-0.15, -0.1) is 0 Å². The van der Waals surface area contributed by atoms with Gasteiger partial charge in [-0.05, 0) is 55.2 Å². The van der Waals surface area contributed by atoms with Gasteiger partial charge in [0, 0.05) is 19.3 Å². The highest BCUT2D eigenvalue weighted by atomic mass is 16.3. The Labute approximate surface area is 168 Å². The molecule has 29 heavy (non-hydrogen) atoms. The number of hydrogen-bond donors (Lipinski definition) is 3. The zero-order chi connectivity index (χ0) is 20.8. The summed E-state index contributed by atoms with van der Waals surface area (Å²) in [6.45, 7) is 2.44. The number of carbonyl (C=O) groups excluding carboxylic acids is 1. The molecular formula is C21H21N5O3. The first-order valence-electron chi connectivity index (χ1n) is 9.18. The molecule has 0 saturated heterocycles. The normalized spacial score (nSPS) is 10.5. The molecule has 0 saturated carbocycles. The molecule has 0 bridgehead atoms. The van der Waals surface area contributed by atoms with Crippen LogP contribution in [0.5, 0.6) is 5.88 Å². The fourth-order valence-electron chi connectivity index (χ4n) is 2.92. The van der Waals surface area contributed by atoms with Crippen LogP contribution >= 0.6 is 0 Å². The number of carbonyl (C=O) groups is 1. The molecule has 3 N–H and O–H groups in total. The minimum Gasteiger partial charge on any atom is -0.493 e. The molecule has 3 aromatic rings. The predicted molar refractivity (Wildman–Crippen MR) is 107 cm³/mol. The van der Waals surface area contributed by atoms with Gasteiger partial charge in [-0.1, -0.05) is 6.07 Å². The molecule has 0 aliphatic rings. The van der Waals surface area contributed by atoms with Crippen molar-refractivity contribution in [3.8, 4) is 28.9 Å². The molecule has 1 amide bonds. The number of unbranched alkanes of at least 4 members (excludes halogenated alkanes) is 1. The van der Waals surface area contributed by atoms with E-state index in [0.29, 0.717) is 41.9 Å². The van der Waals surface area contributed by atoms with Gasteiger partial charge in [0.2, 0.25) is 5.88 Å². The third kappa shape index (κ3) is 4.42. The number of amides is 1. The molecule has 8 nitrogen and oxygen atoms in total. The van der Waals surface area contributed by atoms with Crippen LogP contribution in [-0.4, -0.2) is 44.0 Å². The van der Waals surface area contributed by atoms with Crippen LogP contribution in [0.1, 0.15) is 34.3 Å². The smallest absolute Gasteiger partial charge is 0.252 e. The Kier molecular flexibility index (Phi) is 6.22. The van der Waals surface area contributed by atoms with Crippen molar-refractivity contribution in [3.05, 3.63) is 59.4 Å². The minimum atomic E-state index is -0.249. The lowest BCUT2D eigenvalue weighted by Crippen LogP contribution is -2.24. The van der Waals surface area contributed by atoms with Gasteiger partial charge in [0.15, 0.2) is 5.82 Å². The maximum atomic E-state index is 12.1. The Bertz CT molecular complexity index is 1050. The van der Waals surface area contributed by atoms with Crippen molar-refractivity contribution in [2.45, 2.75) is 19.8 Å². The number of nitrogens with zero attached hydrogens (tertiary/aromatic N) is 4. The van der Waals surface area contributed by atoms with Crippen molar-refractivity contribution < 1.29 is 15.0 Å². The molecular weight excluding hydrogens is 370 g/mol. The van der Waals surface area contributed by atoms with E-state index >= 15 is 0 Å². The number of pyridine rings is 1. The number of aliphatic hydroxyl groups is 1. The molecule has 0 radical (unpaired) electrons. The van der Waals surface area contributed by atoms with Gasteiger partial charge in [-0.3, -0.25) is 4.79 Å². The lowest BCUT2D eigenvalue weighted by atomic mass is 10.0. The quantitative estimate of drug-likeness (QED) is 0.531. The highest BCUT2D eigenvalue weighted by Gasteiger charge is 2.16. The zero-order valence-electron chi connectivity index (χ0n) is 16.0. The Hall–Kier alpha value is -3.70. The van der Waals surface area contributed by atoms with Gasteiger partial charge in [0.05, 0.1) is 29.0 Å². The fourth-order valence-corrected chi connectivity index (χ4v) is 2.92. The zero-order valence-corrected chi connectivity index (χ0v) is 16.0. The maximum Gasteiger partial charge on any atom is 0.252 e. The number of hydrogen-bond acceptors (Lipinski definition) is 6. The van der Waals surface area contributed by atoms with E-state index in [-0.39, 0.29) is 18.4 Å². The van der Waals surface area contributed by atoms with E-state index in [1.807, 2.05) is 6.92 Å². The average Bonchev–Trinajstić information content (AvgIpc) is 3.12. The highest BCUT2D eigenvalue weighted by molar-refractivity contribution is 5.93. The second-order valence-corrected chi connectivity index (χ2v) is 6.53. The van der Waals surface area contributed by atoms with Crippen LogP contribution in [0.2, 0.25) is 0 Å². The van der Waals surface area contributed by atoms with Gasteiger partial charge in [0.25, 0.3) is 5.91 Å². The number of aliphatic hydroxyl groups excluding tert-OH is 1. The number of benzene rings is 1. The van der Waals surface area contributed by atoms with Crippen LogP contribution in [0, 0.1) is 18.3 Å². The van der Waals surface area contributed by atoms with Crippen LogP contribution in [0.4, 0.5) is 0 Å². The molecule has 3 rings (SSSR count). The van der Waals surface area contributed by atoms with Crippen LogP contribution in [-0.2, 0) is 0 Å². The predicted octanol–water partition coefficient (Wildman–Crippen LogP) is 2.32. The number of nitriles is 1. The molecule has 0 aliphatic heterocycles. The first kappa shape index (κ1) is 20.0. The third-order valence-corrected chi connectivity index (χ3v) is 4.49. The Morgan fingerprint density at radius 2 is 2.03 bits per heavy atom. The fraction of sp³-hybridized carbons (Fsp3) is 0.238. The lowest BCUT2D eigenvalue weighted by Gasteiger charge is -2.07. The van der Waals surface area contributed by atoms with Gasteiger partial charge < -0.3 is 15.5 Å². The van der Waals surface area contributed by atoms with E-state index < -0.39 is 0 Å². The van der Waals surface area contributed by atoms with Crippen molar-refractivity contribution in [2.24, 2.45) is 0 Å². The number of rotatable bonds is 7. The van der Waals surface area contributed by atoms with Crippen LogP contribution < -0.4 is 5.32 Å². The first-order chi connectivity index (χ1) is 14.0. The third-order valence-electron chi connectivity index (χ3n) is 4.49.